The van der Waals surface area contributed by atoms with Gasteiger partial charge >= 0.3 is 0 Å². The standard InChI is InChI=1S/C34H50Cl2N4O/c1-37-23-26-3-9-39(10-4-26)24-27-17-28(19-31(18-27)32-20-33(35)22-34(36)21-32)25-40-13-7-30(8-14-40)29-5-11-38(12-6-29)15-16-41-2/h17-22,26,29-30,37H,3-16,23-25H2,1-2H3. The molecule has 0 saturated carbocycles. The van der Waals surface area contributed by atoms with Crippen molar-refractivity contribution in [1.82, 2.24) is 20.0 Å². The number of piperidine rings is 3. The fourth-order valence-corrected chi connectivity index (χ4v) is 7.96. The lowest BCUT2D eigenvalue weighted by Crippen LogP contribution is -2.41. The van der Waals surface area contributed by atoms with Crippen LogP contribution in [0, 0.1) is 17.8 Å². The third-order valence-electron chi connectivity index (χ3n) is 9.80. The van der Waals surface area contributed by atoms with E-state index >= 15 is 0 Å². The van der Waals surface area contributed by atoms with Crippen LogP contribution in [0.15, 0.2) is 36.4 Å². The lowest BCUT2D eigenvalue weighted by molar-refractivity contribution is 0.0784. The molecule has 2 aromatic carbocycles. The van der Waals surface area contributed by atoms with Crippen molar-refractivity contribution in [3.8, 4) is 11.1 Å². The van der Waals surface area contributed by atoms with E-state index in [-0.39, 0.29) is 0 Å². The number of ether oxygens (including phenoxy) is 1. The van der Waals surface area contributed by atoms with Crippen LogP contribution >= 0.6 is 23.2 Å². The third-order valence-corrected chi connectivity index (χ3v) is 10.2. The van der Waals surface area contributed by atoms with Crippen molar-refractivity contribution in [3.63, 3.8) is 0 Å². The highest BCUT2D eigenvalue weighted by atomic mass is 35.5. The lowest BCUT2D eigenvalue weighted by atomic mass is 9.78. The van der Waals surface area contributed by atoms with Crippen LogP contribution < -0.4 is 5.32 Å². The van der Waals surface area contributed by atoms with Crippen molar-refractivity contribution < 1.29 is 4.74 Å². The van der Waals surface area contributed by atoms with Gasteiger partial charge in [0.25, 0.3) is 0 Å². The van der Waals surface area contributed by atoms with Crippen molar-refractivity contribution in [1.29, 1.82) is 0 Å². The minimum absolute atomic E-state index is 0.692. The van der Waals surface area contributed by atoms with Crippen molar-refractivity contribution in [3.05, 3.63) is 57.6 Å². The number of likely N-dealkylation sites (tertiary alicyclic amines) is 3. The van der Waals surface area contributed by atoms with Gasteiger partial charge in [0, 0.05) is 36.8 Å². The van der Waals surface area contributed by atoms with E-state index in [1.165, 1.54) is 94.5 Å². The van der Waals surface area contributed by atoms with Crippen molar-refractivity contribution >= 4 is 23.2 Å². The van der Waals surface area contributed by atoms with Gasteiger partial charge in [0.1, 0.15) is 0 Å². The molecule has 7 heteroatoms. The maximum absolute atomic E-state index is 6.42. The van der Waals surface area contributed by atoms with Gasteiger partial charge in [-0.15, -0.1) is 0 Å². The van der Waals surface area contributed by atoms with Crippen LogP contribution in [0.2, 0.25) is 10.0 Å². The van der Waals surface area contributed by atoms with Gasteiger partial charge in [0.05, 0.1) is 6.61 Å². The summed E-state index contributed by atoms with van der Waals surface area (Å²) in [7, 11) is 3.87. The molecular formula is C34H50Cl2N4O. The molecule has 226 valence electrons. The zero-order valence-corrected chi connectivity index (χ0v) is 26.7. The molecule has 2 aromatic rings. The summed E-state index contributed by atoms with van der Waals surface area (Å²) in [5.41, 5.74) is 5.13. The highest BCUT2D eigenvalue weighted by molar-refractivity contribution is 6.35. The number of benzene rings is 2. The summed E-state index contributed by atoms with van der Waals surface area (Å²) in [5, 5.41) is 4.75. The van der Waals surface area contributed by atoms with E-state index in [0.717, 1.165) is 56.1 Å². The van der Waals surface area contributed by atoms with Crippen molar-refractivity contribution in [2.45, 2.75) is 51.6 Å². The fourth-order valence-electron chi connectivity index (χ4n) is 7.44. The molecule has 0 spiro atoms. The average molecular weight is 602 g/mol. The van der Waals surface area contributed by atoms with E-state index in [2.05, 4.69) is 45.3 Å². The number of nitrogens with one attached hydrogen (secondary N) is 1. The van der Waals surface area contributed by atoms with Crippen LogP contribution in [0.4, 0.5) is 0 Å². The Kier molecular flexibility index (Phi) is 11.8. The van der Waals surface area contributed by atoms with Crippen LogP contribution in [0.5, 0.6) is 0 Å². The smallest absolute Gasteiger partial charge is 0.0589 e. The summed E-state index contributed by atoms with van der Waals surface area (Å²) >= 11 is 12.8. The summed E-state index contributed by atoms with van der Waals surface area (Å²) in [6.07, 6.45) is 7.93. The first-order valence-corrected chi connectivity index (χ1v) is 16.6. The molecule has 0 unspecified atom stereocenters. The van der Waals surface area contributed by atoms with E-state index in [4.69, 9.17) is 27.9 Å². The second kappa shape index (κ2) is 15.5. The topological polar surface area (TPSA) is 31.0 Å². The van der Waals surface area contributed by atoms with Gasteiger partial charge in [-0.05, 0) is 162 Å². The maximum atomic E-state index is 6.42. The minimum Gasteiger partial charge on any atom is -0.383 e. The zero-order valence-electron chi connectivity index (χ0n) is 25.2. The summed E-state index contributed by atoms with van der Waals surface area (Å²) in [5.74, 6) is 2.59. The maximum Gasteiger partial charge on any atom is 0.0589 e. The SMILES string of the molecule is CNCC1CCN(Cc2cc(CN3CCC(C4CCN(CCOC)CC4)CC3)cc(-c3cc(Cl)cc(Cl)c3)c2)CC1. The number of rotatable bonds is 11. The van der Waals surface area contributed by atoms with Gasteiger partial charge in [-0.2, -0.15) is 0 Å². The molecule has 0 radical (unpaired) electrons. The average Bonchev–Trinajstić information content (AvgIpc) is 2.97. The predicted octanol–water partition coefficient (Wildman–Crippen LogP) is 6.66. The molecule has 0 aliphatic carbocycles. The molecule has 0 atom stereocenters. The Labute approximate surface area is 258 Å². The van der Waals surface area contributed by atoms with E-state index in [9.17, 15) is 0 Å². The third kappa shape index (κ3) is 9.15. The highest BCUT2D eigenvalue weighted by Gasteiger charge is 2.29. The molecule has 0 aromatic heterocycles. The lowest BCUT2D eigenvalue weighted by Gasteiger charge is -2.40. The molecule has 5 nitrogen and oxygen atoms in total. The fraction of sp³-hybridized carbons (Fsp3) is 0.647. The van der Waals surface area contributed by atoms with Gasteiger partial charge in [0.2, 0.25) is 0 Å². The zero-order chi connectivity index (χ0) is 28.6. The first-order valence-electron chi connectivity index (χ1n) is 15.9. The first-order chi connectivity index (χ1) is 20.0. The Balaban J connectivity index is 1.22. The Bertz CT molecular complexity index is 1070. The van der Waals surface area contributed by atoms with E-state index in [0.29, 0.717) is 10.0 Å². The number of methoxy groups -OCH3 is 1. The molecule has 5 rings (SSSR count). The van der Waals surface area contributed by atoms with Gasteiger partial charge in [-0.3, -0.25) is 9.80 Å². The summed E-state index contributed by atoms with van der Waals surface area (Å²) in [6, 6.07) is 13.1. The summed E-state index contributed by atoms with van der Waals surface area (Å²) in [4.78, 5) is 7.89. The van der Waals surface area contributed by atoms with Crippen LogP contribution in [0.25, 0.3) is 11.1 Å². The molecule has 3 aliphatic heterocycles. The molecule has 3 saturated heterocycles. The largest absolute Gasteiger partial charge is 0.383 e. The van der Waals surface area contributed by atoms with E-state index in [1.54, 1.807) is 7.11 Å². The van der Waals surface area contributed by atoms with Crippen LogP contribution in [-0.4, -0.2) is 87.8 Å². The van der Waals surface area contributed by atoms with Crippen molar-refractivity contribution in [2.75, 3.05) is 73.1 Å². The van der Waals surface area contributed by atoms with Crippen LogP contribution in [-0.2, 0) is 17.8 Å². The minimum atomic E-state index is 0.692. The molecule has 3 heterocycles. The summed E-state index contributed by atoms with van der Waals surface area (Å²) < 4.78 is 5.29. The highest BCUT2D eigenvalue weighted by Crippen LogP contribution is 2.34. The molecule has 3 fully saturated rings. The molecule has 41 heavy (non-hydrogen) atoms. The van der Waals surface area contributed by atoms with E-state index in [1.807, 2.05) is 18.2 Å². The Hall–Kier alpha value is -1.18. The first kappa shape index (κ1) is 31.3. The van der Waals surface area contributed by atoms with Gasteiger partial charge in [-0.1, -0.05) is 29.3 Å². The van der Waals surface area contributed by atoms with Crippen molar-refractivity contribution in [2.24, 2.45) is 17.8 Å². The predicted molar refractivity (Wildman–Crippen MR) is 173 cm³/mol. The van der Waals surface area contributed by atoms with Gasteiger partial charge < -0.3 is 15.0 Å². The number of hydrogen-bond donors (Lipinski definition) is 1. The Morgan fingerprint density at radius 3 is 1.68 bits per heavy atom. The Morgan fingerprint density at radius 2 is 1.17 bits per heavy atom. The monoisotopic (exact) mass is 600 g/mol. The molecule has 3 aliphatic rings. The quantitative estimate of drug-likeness (QED) is 0.311. The Morgan fingerprint density at radius 1 is 0.683 bits per heavy atom. The normalized spacial score (nSPS) is 21.1. The second-order valence-corrected chi connectivity index (χ2v) is 13.6. The number of hydrogen-bond acceptors (Lipinski definition) is 5. The van der Waals surface area contributed by atoms with E-state index < -0.39 is 0 Å². The molecule has 0 bridgehead atoms. The molecular weight excluding hydrogens is 551 g/mol. The van der Waals surface area contributed by atoms with Crippen LogP contribution in [0.3, 0.4) is 0 Å². The number of halogens is 2. The van der Waals surface area contributed by atoms with Crippen LogP contribution in [0.1, 0.15) is 49.7 Å². The van der Waals surface area contributed by atoms with Gasteiger partial charge in [0.15, 0.2) is 0 Å². The summed E-state index contributed by atoms with van der Waals surface area (Å²) in [6.45, 7) is 12.3. The van der Waals surface area contributed by atoms with Gasteiger partial charge in [-0.25, -0.2) is 0 Å². The number of nitrogens with zero attached hydrogens (tertiary/aromatic N) is 3. The molecule has 0 amide bonds. The second-order valence-electron chi connectivity index (χ2n) is 12.8. The molecule has 1 N–H and O–H groups in total.